The van der Waals surface area contributed by atoms with Crippen molar-refractivity contribution in [3.8, 4) is 0 Å². The van der Waals surface area contributed by atoms with Gasteiger partial charge in [0.25, 0.3) is 0 Å². The molecule has 0 radical (unpaired) electrons. The third kappa shape index (κ3) is 3.78. The van der Waals surface area contributed by atoms with Gasteiger partial charge in [0.05, 0.1) is 17.4 Å². The predicted octanol–water partition coefficient (Wildman–Crippen LogP) is 2.16. The number of urea groups is 1. The highest BCUT2D eigenvalue weighted by molar-refractivity contribution is 7.07. The second-order valence-electron chi connectivity index (χ2n) is 3.71. The summed E-state index contributed by atoms with van der Waals surface area (Å²) in [5, 5.41) is 17.9. The average molecular weight is 277 g/mol. The molecular formula is C12H11N3O3S. The summed E-state index contributed by atoms with van der Waals surface area (Å²) >= 11 is 1.55. The van der Waals surface area contributed by atoms with E-state index in [-0.39, 0.29) is 5.56 Å². The lowest BCUT2D eigenvalue weighted by atomic mass is 10.2. The van der Waals surface area contributed by atoms with E-state index in [0.29, 0.717) is 12.2 Å². The Morgan fingerprint density at radius 2 is 2.21 bits per heavy atom. The topological polar surface area (TPSA) is 91.3 Å². The Kier molecular flexibility index (Phi) is 4.09. The van der Waals surface area contributed by atoms with Gasteiger partial charge in [0.1, 0.15) is 0 Å². The van der Waals surface area contributed by atoms with E-state index in [2.05, 4.69) is 15.6 Å². The number of carbonyl (C=O) groups excluding carboxylic acids is 1. The number of carbonyl (C=O) groups is 2. The van der Waals surface area contributed by atoms with Crippen molar-refractivity contribution in [2.45, 2.75) is 6.54 Å². The van der Waals surface area contributed by atoms with Crippen LogP contribution in [0.15, 0.2) is 35.3 Å². The van der Waals surface area contributed by atoms with E-state index in [1.54, 1.807) is 11.3 Å². The molecule has 0 atom stereocenters. The number of nitrogens with one attached hydrogen (secondary N) is 2. The van der Waals surface area contributed by atoms with Gasteiger partial charge in [-0.1, -0.05) is 0 Å². The number of carboxylic acid groups (broad SMARTS) is 1. The van der Waals surface area contributed by atoms with E-state index < -0.39 is 12.0 Å². The summed E-state index contributed by atoms with van der Waals surface area (Å²) in [6, 6.07) is 2.85. The van der Waals surface area contributed by atoms with Crippen molar-refractivity contribution in [2.24, 2.45) is 0 Å². The molecule has 0 aliphatic carbocycles. The molecule has 0 aliphatic rings. The van der Waals surface area contributed by atoms with Crippen LogP contribution in [0.1, 0.15) is 15.9 Å². The number of aromatic nitrogens is 1. The first-order valence-corrected chi connectivity index (χ1v) is 6.33. The van der Waals surface area contributed by atoms with Crippen molar-refractivity contribution in [3.63, 3.8) is 0 Å². The summed E-state index contributed by atoms with van der Waals surface area (Å²) in [7, 11) is 0. The van der Waals surface area contributed by atoms with Crippen LogP contribution in [0.25, 0.3) is 0 Å². The third-order valence-corrected chi connectivity index (χ3v) is 3.01. The highest BCUT2D eigenvalue weighted by Gasteiger charge is 2.06. The number of nitrogens with zero attached hydrogens (tertiary/aromatic N) is 1. The van der Waals surface area contributed by atoms with Crippen molar-refractivity contribution in [1.29, 1.82) is 0 Å². The summed E-state index contributed by atoms with van der Waals surface area (Å²) in [6.45, 7) is 0.418. The molecule has 0 aromatic carbocycles. The molecule has 0 spiro atoms. The molecule has 0 saturated carbocycles. The second kappa shape index (κ2) is 5.96. The maximum Gasteiger partial charge on any atom is 0.337 e. The van der Waals surface area contributed by atoms with E-state index in [9.17, 15) is 9.59 Å². The summed E-state index contributed by atoms with van der Waals surface area (Å²) in [5.74, 6) is -1.09. The van der Waals surface area contributed by atoms with E-state index in [1.165, 1.54) is 18.5 Å². The number of hydrogen-bond donors (Lipinski definition) is 3. The lowest BCUT2D eigenvalue weighted by Crippen LogP contribution is -2.28. The number of rotatable bonds is 4. The maximum atomic E-state index is 11.6. The summed E-state index contributed by atoms with van der Waals surface area (Å²) < 4.78 is 0. The first kappa shape index (κ1) is 13.0. The summed E-state index contributed by atoms with van der Waals surface area (Å²) in [5.41, 5.74) is 1.37. The molecule has 0 fully saturated rings. The lowest BCUT2D eigenvalue weighted by Gasteiger charge is -2.06. The standard InChI is InChI=1S/C12H11N3O3S/c16-11(17)9-3-10(6-13-5-9)15-12(18)14-4-8-1-2-19-7-8/h1-3,5-7H,4H2,(H,16,17)(H2,14,15,18). The molecule has 0 bridgehead atoms. The van der Waals surface area contributed by atoms with Crippen molar-refractivity contribution in [3.05, 3.63) is 46.4 Å². The minimum Gasteiger partial charge on any atom is -0.478 e. The Hall–Kier alpha value is -2.41. The average Bonchev–Trinajstić information content (AvgIpc) is 2.90. The van der Waals surface area contributed by atoms with E-state index in [1.807, 2.05) is 16.8 Å². The molecule has 2 amide bonds. The van der Waals surface area contributed by atoms with Gasteiger partial charge in [-0.15, -0.1) is 0 Å². The number of aromatic carboxylic acids is 1. The van der Waals surface area contributed by atoms with Gasteiger partial charge in [0.15, 0.2) is 0 Å². The number of pyridine rings is 1. The molecule has 2 rings (SSSR count). The fraction of sp³-hybridized carbons (Fsp3) is 0.0833. The number of carboxylic acids is 1. The van der Waals surface area contributed by atoms with Gasteiger partial charge in [0.2, 0.25) is 0 Å². The van der Waals surface area contributed by atoms with Gasteiger partial charge in [-0.3, -0.25) is 4.98 Å². The molecular weight excluding hydrogens is 266 g/mol. The fourth-order valence-corrected chi connectivity index (χ4v) is 2.04. The smallest absolute Gasteiger partial charge is 0.337 e. The molecule has 7 heteroatoms. The van der Waals surface area contributed by atoms with Gasteiger partial charge in [-0.05, 0) is 28.5 Å². The largest absolute Gasteiger partial charge is 0.478 e. The fourth-order valence-electron chi connectivity index (χ4n) is 1.38. The normalized spacial score (nSPS) is 9.89. The zero-order valence-electron chi connectivity index (χ0n) is 9.79. The quantitative estimate of drug-likeness (QED) is 0.798. The van der Waals surface area contributed by atoms with Gasteiger partial charge in [-0.2, -0.15) is 11.3 Å². The minimum atomic E-state index is -1.09. The summed E-state index contributed by atoms with van der Waals surface area (Å²) in [6.07, 6.45) is 2.60. The van der Waals surface area contributed by atoms with E-state index >= 15 is 0 Å². The van der Waals surface area contributed by atoms with Crippen LogP contribution < -0.4 is 10.6 Å². The van der Waals surface area contributed by atoms with Crippen LogP contribution in [-0.2, 0) is 6.54 Å². The summed E-state index contributed by atoms with van der Waals surface area (Å²) in [4.78, 5) is 26.1. The Morgan fingerprint density at radius 3 is 2.89 bits per heavy atom. The van der Waals surface area contributed by atoms with Crippen molar-refractivity contribution < 1.29 is 14.7 Å². The van der Waals surface area contributed by atoms with Crippen LogP contribution in [0.3, 0.4) is 0 Å². The molecule has 2 aromatic heterocycles. The van der Waals surface area contributed by atoms with Crippen LogP contribution in [0.4, 0.5) is 10.5 Å². The van der Waals surface area contributed by atoms with Gasteiger partial charge in [0, 0.05) is 12.7 Å². The highest BCUT2D eigenvalue weighted by atomic mass is 32.1. The molecule has 0 saturated heterocycles. The monoisotopic (exact) mass is 277 g/mol. The Balaban J connectivity index is 1.91. The van der Waals surface area contributed by atoms with Crippen molar-refractivity contribution in [2.75, 3.05) is 5.32 Å². The molecule has 3 N–H and O–H groups in total. The number of hydrogen-bond acceptors (Lipinski definition) is 4. The van der Waals surface area contributed by atoms with Crippen LogP contribution >= 0.6 is 11.3 Å². The Morgan fingerprint density at radius 1 is 1.37 bits per heavy atom. The maximum absolute atomic E-state index is 11.6. The van der Waals surface area contributed by atoms with Crippen LogP contribution in [0.2, 0.25) is 0 Å². The molecule has 0 unspecified atom stereocenters. The predicted molar refractivity (Wildman–Crippen MR) is 71.4 cm³/mol. The number of anilines is 1. The molecule has 2 heterocycles. The van der Waals surface area contributed by atoms with Gasteiger partial charge >= 0.3 is 12.0 Å². The second-order valence-corrected chi connectivity index (χ2v) is 4.49. The zero-order valence-corrected chi connectivity index (χ0v) is 10.6. The van der Waals surface area contributed by atoms with Crippen molar-refractivity contribution in [1.82, 2.24) is 10.3 Å². The Bertz CT molecular complexity index is 584. The molecule has 6 nitrogen and oxygen atoms in total. The minimum absolute atomic E-state index is 0.0237. The van der Waals surface area contributed by atoms with Gasteiger partial charge in [-0.25, -0.2) is 9.59 Å². The molecule has 98 valence electrons. The van der Waals surface area contributed by atoms with Gasteiger partial charge < -0.3 is 15.7 Å². The van der Waals surface area contributed by atoms with Crippen molar-refractivity contribution >= 4 is 29.0 Å². The Labute approximate surface area is 113 Å². The molecule has 19 heavy (non-hydrogen) atoms. The highest BCUT2D eigenvalue weighted by Crippen LogP contribution is 2.09. The third-order valence-electron chi connectivity index (χ3n) is 2.28. The lowest BCUT2D eigenvalue weighted by molar-refractivity contribution is 0.0696. The number of thiophene rings is 1. The van der Waals surface area contributed by atoms with E-state index in [4.69, 9.17) is 5.11 Å². The number of amides is 2. The van der Waals surface area contributed by atoms with Crippen LogP contribution in [-0.4, -0.2) is 22.1 Å². The molecule has 0 aliphatic heterocycles. The van der Waals surface area contributed by atoms with E-state index in [0.717, 1.165) is 5.56 Å². The first-order valence-electron chi connectivity index (χ1n) is 5.39. The SMILES string of the molecule is O=C(NCc1ccsc1)Nc1cncc(C(=O)O)c1. The molecule has 2 aromatic rings. The zero-order chi connectivity index (χ0) is 13.7. The first-order chi connectivity index (χ1) is 9.15. The van der Waals surface area contributed by atoms with Crippen LogP contribution in [0, 0.1) is 0 Å². The van der Waals surface area contributed by atoms with Crippen LogP contribution in [0.5, 0.6) is 0 Å².